The zero-order valence-corrected chi connectivity index (χ0v) is 15.5. The normalized spacial score (nSPS) is 12.5. The molecular weight excluding hydrogens is 355 g/mol. The van der Waals surface area contributed by atoms with E-state index in [4.69, 9.17) is 4.74 Å². The summed E-state index contributed by atoms with van der Waals surface area (Å²) in [6, 6.07) is 12.2. The highest BCUT2D eigenvalue weighted by Gasteiger charge is 2.31. The molecule has 2 aromatic rings. The topological polar surface area (TPSA) is 38.3 Å². The molecule has 27 heavy (non-hydrogen) atoms. The molecule has 1 atom stereocenters. The lowest BCUT2D eigenvalue weighted by atomic mass is 9.87. The fraction of sp³-hybridized carbons (Fsp3) is 0.381. The number of rotatable bonds is 7. The molecule has 1 unspecified atom stereocenters. The van der Waals surface area contributed by atoms with Crippen molar-refractivity contribution in [2.75, 3.05) is 6.54 Å². The summed E-state index contributed by atoms with van der Waals surface area (Å²) in [5, 5.41) is 2.68. The number of halogens is 3. The van der Waals surface area contributed by atoms with E-state index in [9.17, 15) is 18.0 Å². The average molecular weight is 379 g/mol. The van der Waals surface area contributed by atoms with Gasteiger partial charge in [-0.3, -0.25) is 0 Å². The first kappa shape index (κ1) is 20.8. The molecule has 0 heterocycles. The minimum atomic E-state index is -4.40. The van der Waals surface area contributed by atoms with Crippen LogP contribution in [0.1, 0.15) is 55.7 Å². The molecule has 0 bridgehead atoms. The summed E-state index contributed by atoms with van der Waals surface area (Å²) in [7, 11) is 0. The molecule has 0 saturated carbocycles. The van der Waals surface area contributed by atoms with Gasteiger partial charge < -0.3 is 10.1 Å². The van der Waals surface area contributed by atoms with E-state index in [1.165, 1.54) is 6.07 Å². The van der Waals surface area contributed by atoms with Crippen molar-refractivity contribution >= 4 is 6.09 Å². The Hall–Kier alpha value is -2.50. The zero-order valence-electron chi connectivity index (χ0n) is 15.5. The van der Waals surface area contributed by atoms with Gasteiger partial charge >= 0.3 is 12.3 Å². The standard InChI is InChI=1S/C21H24F3NO2/c1-3-5-13-25-20(26)27-19-12-7-6-11-18(19)17(4-2)15-9-8-10-16(14-15)21(22,23)24/h6-12,14,17H,3-5,13H2,1-2H3,(H,25,26). The van der Waals surface area contributed by atoms with Gasteiger partial charge in [0.1, 0.15) is 5.75 Å². The highest BCUT2D eigenvalue weighted by Crippen LogP contribution is 2.37. The maximum atomic E-state index is 13.1. The predicted octanol–water partition coefficient (Wildman–Crippen LogP) is 6.14. The number of carbonyl (C=O) groups excluding carboxylic acids is 1. The summed E-state index contributed by atoms with van der Waals surface area (Å²) in [6.45, 7) is 4.43. The van der Waals surface area contributed by atoms with Gasteiger partial charge in [0, 0.05) is 18.0 Å². The van der Waals surface area contributed by atoms with Gasteiger partial charge in [0.15, 0.2) is 0 Å². The number of carbonyl (C=O) groups is 1. The highest BCUT2D eigenvalue weighted by atomic mass is 19.4. The van der Waals surface area contributed by atoms with Crippen LogP contribution >= 0.6 is 0 Å². The molecule has 0 aliphatic rings. The van der Waals surface area contributed by atoms with Gasteiger partial charge in [-0.2, -0.15) is 13.2 Å². The molecule has 1 N–H and O–H groups in total. The van der Waals surface area contributed by atoms with E-state index in [0.717, 1.165) is 25.0 Å². The Morgan fingerprint density at radius 2 is 1.85 bits per heavy atom. The summed E-state index contributed by atoms with van der Waals surface area (Å²) < 4.78 is 44.6. The molecule has 0 spiro atoms. The van der Waals surface area contributed by atoms with Crippen LogP contribution < -0.4 is 10.1 Å². The van der Waals surface area contributed by atoms with Crippen molar-refractivity contribution in [2.24, 2.45) is 0 Å². The van der Waals surface area contributed by atoms with E-state index in [1.54, 1.807) is 30.3 Å². The lowest BCUT2D eigenvalue weighted by Gasteiger charge is -2.20. The number of alkyl halides is 3. The average Bonchev–Trinajstić information content (AvgIpc) is 2.63. The smallest absolute Gasteiger partial charge is 0.410 e. The fourth-order valence-electron chi connectivity index (χ4n) is 2.93. The number of hydrogen-bond donors (Lipinski definition) is 1. The van der Waals surface area contributed by atoms with Crippen LogP contribution in [0.3, 0.4) is 0 Å². The van der Waals surface area contributed by atoms with E-state index in [0.29, 0.717) is 29.8 Å². The molecule has 0 radical (unpaired) electrons. The van der Waals surface area contributed by atoms with Crippen LogP contribution in [0.5, 0.6) is 5.75 Å². The van der Waals surface area contributed by atoms with Crippen molar-refractivity contribution < 1.29 is 22.7 Å². The largest absolute Gasteiger partial charge is 0.416 e. The van der Waals surface area contributed by atoms with Crippen LogP contribution in [0.25, 0.3) is 0 Å². The molecule has 2 aromatic carbocycles. The Labute approximate surface area is 157 Å². The molecule has 0 aromatic heterocycles. The van der Waals surface area contributed by atoms with Crippen LogP contribution in [0.4, 0.5) is 18.0 Å². The molecule has 2 rings (SSSR count). The molecule has 1 amide bonds. The molecule has 0 saturated heterocycles. The highest BCUT2D eigenvalue weighted by molar-refractivity contribution is 5.71. The predicted molar refractivity (Wildman–Crippen MR) is 99.0 cm³/mol. The fourth-order valence-corrected chi connectivity index (χ4v) is 2.93. The minimum absolute atomic E-state index is 0.313. The first-order valence-electron chi connectivity index (χ1n) is 9.08. The third-order valence-corrected chi connectivity index (χ3v) is 4.32. The Balaban J connectivity index is 2.29. The van der Waals surface area contributed by atoms with E-state index >= 15 is 0 Å². The second kappa shape index (κ2) is 9.44. The summed E-state index contributed by atoms with van der Waals surface area (Å²) in [5.41, 5.74) is 0.536. The van der Waals surface area contributed by atoms with Crippen LogP contribution in [0, 0.1) is 0 Å². The van der Waals surface area contributed by atoms with Crippen LogP contribution in [0.2, 0.25) is 0 Å². The number of nitrogens with one attached hydrogen (secondary N) is 1. The quantitative estimate of drug-likeness (QED) is 0.587. The number of hydrogen-bond acceptors (Lipinski definition) is 2. The minimum Gasteiger partial charge on any atom is -0.410 e. The van der Waals surface area contributed by atoms with Gasteiger partial charge in [0.25, 0.3) is 0 Å². The van der Waals surface area contributed by atoms with Crippen LogP contribution in [-0.4, -0.2) is 12.6 Å². The van der Waals surface area contributed by atoms with Crippen molar-refractivity contribution in [1.82, 2.24) is 5.32 Å². The molecule has 146 valence electrons. The van der Waals surface area contributed by atoms with Gasteiger partial charge in [-0.05, 0) is 30.5 Å². The van der Waals surface area contributed by atoms with Gasteiger partial charge in [0.05, 0.1) is 5.56 Å². The van der Waals surface area contributed by atoms with Crippen LogP contribution in [-0.2, 0) is 6.18 Å². The molecular formula is C21H24F3NO2. The second-order valence-electron chi connectivity index (χ2n) is 6.29. The number of unbranched alkanes of at least 4 members (excludes halogenated alkanes) is 1. The molecule has 6 heteroatoms. The van der Waals surface area contributed by atoms with Crippen molar-refractivity contribution in [1.29, 1.82) is 0 Å². The maximum Gasteiger partial charge on any atom is 0.416 e. The Morgan fingerprint density at radius 1 is 1.11 bits per heavy atom. The van der Waals surface area contributed by atoms with Crippen LogP contribution in [0.15, 0.2) is 48.5 Å². The van der Waals surface area contributed by atoms with E-state index in [-0.39, 0.29) is 5.92 Å². The molecule has 0 fully saturated rings. The van der Waals surface area contributed by atoms with Gasteiger partial charge in [-0.1, -0.05) is 56.7 Å². The van der Waals surface area contributed by atoms with Crippen molar-refractivity contribution in [2.45, 2.75) is 45.2 Å². The maximum absolute atomic E-state index is 13.1. The van der Waals surface area contributed by atoms with Crippen molar-refractivity contribution in [3.05, 3.63) is 65.2 Å². The van der Waals surface area contributed by atoms with Crippen molar-refractivity contribution in [3.63, 3.8) is 0 Å². The lowest BCUT2D eigenvalue weighted by Crippen LogP contribution is -2.28. The number of para-hydroxylation sites is 1. The molecule has 3 nitrogen and oxygen atoms in total. The van der Waals surface area contributed by atoms with E-state index in [2.05, 4.69) is 5.32 Å². The van der Waals surface area contributed by atoms with Gasteiger partial charge in [-0.15, -0.1) is 0 Å². The third-order valence-electron chi connectivity index (χ3n) is 4.32. The second-order valence-corrected chi connectivity index (χ2v) is 6.29. The first-order valence-corrected chi connectivity index (χ1v) is 9.08. The van der Waals surface area contributed by atoms with Gasteiger partial charge in [0.2, 0.25) is 0 Å². The Morgan fingerprint density at radius 3 is 2.52 bits per heavy atom. The summed E-state index contributed by atoms with van der Waals surface area (Å²) in [6.07, 6.45) is -2.60. The molecule has 0 aliphatic heterocycles. The number of benzene rings is 2. The number of ether oxygens (including phenoxy) is 1. The third kappa shape index (κ3) is 5.74. The Kier molecular flexibility index (Phi) is 7.28. The summed E-state index contributed by atoms with van der Waals surface area (Å²) in [5.74, 6) is 0.0442. The number of amides is 1. The SMILES string of the molecule is CCCCNC(=O)Oc1ccccc1C(CC)c1cccc(C(F)(F)F)c1. The zero-order chi connectivity index (χ0) is 19.9. The Bertz CT molecular complexity index is 759. The monoisotopic (exact) mass is 379 g/mol. The van der Waals surface area contributed by atoms with E-state index in [1.807, 2.05) is 13.8 Å². The van der Waals surface area contributed by atoms with E-state index < -0.39 is 17.8 Å². The molecule has 0 aliphatic carbocycles. The van der Waals surface area contributed by atoms with Gasteiger partial charge in [-0.25, -0.2) is 4.79 Å². The van der Waals surface area contributed by atoms with Crippen molar-refractivity contribution in [3.8, 4) is 5.75 Å². The lowest BCUT2D eigenvalue weighted by molar-refractivity contribution is -0.137. The summed E-state index contributed by atoms with van der Waals surface area (Å²) >= 11 is 0. The first-order chi connectivity index (χ1) is 12.9. The summed E-state index contributed by atoms with van der Waals surface area (Å²) in [4.78, 5) is 12.0.